The highest BCUT2D eigenvalue weighted by Crippen LogP contribution is 1.94. The van der Waals surface area contributed by atoms with Crippen molar-refractivity contribution in [2.45, 2.75) is 0 Å². The van der Waals surface area contributed by atoms with E-state index in [2.05, 4.69) is 294 Å². The molecule has 56 heavy (non-hydrogen) atoms. The summed E-state index contributed by atoms with van der Waals surface area (Å²) in [5.74, 6) is 9.25. The number of hydrogen-bond acceptors (Lipinski definition) is 2. The maximum atomic E-state index is 4.63. The Balaban J connectivity index is 4.07. The van der Waals surface area contributed by atoms with Crippen LogP contribution in [0.1, 0.15) is 0 Å². The van der Waals surface area contributed by atoms with Crippen molar-refractivity contribution in [3.8, 4) is 0 Å². The summed E-state index contributed by atoms with van der Waals surface area (Å²) in [5, 5.41) is 161. The van der Waals surface area contributed by atoms with Crippen molar-refractivity contribution in [1.82, 2.24) is 0 Å². The molecule has 0 amide bonds. The number of rotatable bonds is 26. The van der Waals surface area contributed by atoms with Crippen LogP contribution in [-0.2, 0) is 0 Å². The number of nitrogens with zero attached hydrogens (tertiary/aromatic N) is 54. The standard InChI is InChI=1S/H4N56/c1-3-5-7-9-11-13-15-17-19-21-23-25-27-29-31-33-35-37-39-41-43-45-47-49-51-53-55-56-54-52-50-48-46-44-42-40-38-36-34-32-30-28-26-24-22-20-18-16-14-12-10-8-6-4-2/h(H2,1,4,5,8,9,12,13,16,17,20,21,24,25,28,29,32,33,36,37,40,41,44,45,48,49,52,53,56)(H2,2,3,6,7,10,11,14,15,18,19,22,23,26,27,30,31,34,35,38,39,42,43,46,47,50,51,54,55). The minimum atomic E-state index is 2.75. The topological polar surface area (TPSA) is 719 Å². The van der Waals surface area contributed by atoms with Crippen molar-refractivity contribution in [2.24, 2.45) is 294 Å². The molecule has 0 heterocycles. The molecule has 0 bridgehead atoms. The highest BCUT2D eigenvalue weighted by atomic mass is 15.8. The second-order valence-electron chi connectivity index (χ2n) is 4.88. The molecule has 56 heteroatoms. The molecular weight excluding hydrogens is 784 g/mol. The van der Waals surface area contributed by atoms with Gasteiger partial charge in [-0.05, 0) is 73.1 Å². The summed E-state index contributed by atoms with van der Waals surface area (Å²) < 4.78 is 0. The molecule has 0 aromatic heterocycles. The normalized spacial score (nSPS) is 15.5. The fourth-order valence-electron chi connectivity index (χ4n) is 0.941. The van der Waals surface area contributed by atoms with E-state index in [0.29, 0.717) is 0 Å². The Kier molecular flexibility index (Phi) is 35.0. The van der Waals surface area contributed by atoms with Gasteiger partial charge in [0.2, 0.25) is 0 Å². The third-order valence-electron chi connectivity index (χ3n) is 2.14. The largest absolute Gasteiger partial charge is 0.303 e. The zero-order valence-electron chi connectivity index (χ0n) is 25.3. The van der Waals surface area contributed by atoms with Crippen LogP contribution in [-0.4, -0.2) is 0 Å². The molecule has 0 aromatic carbocycles. The highest BCUT2D eigenvalue weighted by Gasteiger charge is 1.75. The molecule has 0 saturated carbocycles. The smallest absolute Gasteiger partial charge is 0 e. The van der Waals surface area contributed by atoms with Gasteiger partial charge in [-0.2, -0.15) is 0 Å². The Hall–Kier alpha value is -11.2. The quantitative estimate of drug-likeness (QED) is 0.0493. The molecule has 0 unspecified atom stereocenters. The molecule has 0 aliphatic carbocycles. The van der Waals surface area contributed by atoms with E-state index in [1.54, 1.807) is 0 Å². The van der Waals surface area contributed by atoms with Crippen LogP contribution >= 0.6 is 0 Å². The van der Waals surface area contributed by atoms with Gasteiger partial charge in [0.15, 0.2) is 0 Å². The average molecular weight is 788 g/mol. The highest BCUT2D eigenvalue weighted by molar-refractivity contribution is 4.18. The van der Waals surface area contributed by atoms with Crippen molar-refractivity contribution in [3.05, 3.63) is 0 Å². The van der Waals surface area contributed by atoms with Gasteiger partial charge in [-0.3, -0.25) is 0 Å². The van der Waals surface area contributed by atoms with E-state index in [-0.39, 0.29) is 0 Å². The number of hydrogen-bond donors (Lipinski definition) is 2. The van der Waals surface area contributed by atoms with Crippen LogP contribution in [0, 0.1) is 0 Å². The third-order valence-corrected chi connectivity index (χ3v) is 2.14. The molecule has 4 N–H and O–H groups in total. The van der Waals surface area contributed by atoms with E-state index < -0.39 is 0 Å². The lowest BCUT2D eigenvalue weighted by Gasteiger charge is -1.70. The van der Waals surface area contributed by atoms with Crippen molar-refractivity contribution in [3.63, 3.8) is 0 Å². The molecule has 0 aliphatic heterocycles. The van der Waals surface area contributed by atoms with Gasteiger partial charge in [-0.25, -0.2) is 0 Å². The molecule has 0 rings (SSSR count). The van der Waals surface area contributed by atoms with Gasteiger partial charge >= 0.3 is 0 Å². The Bertz CT molecular complexity index is 1670. The van der Waals surface area contributed by atoms with E-state index in [9.17, 15) is 0 Å². The van der Waals surface area contributed by atoms with Crippen LogP contribution in [0.3, 0.4) is 0 Å². The van der Waals surface area contributed by atoms with E-state index in [0.717, 1.165) is 0 Å². The zero-order chi connectivity index (χ0) is 40.2. The van der Waals surface area contributed by atoms with E-state index in [1.165, 1.54) is 0 Å². The SMILES string of the molecule is N/N=N/N=N/N=N/N=N/N=N/N=N/N=N/N=N/N=N/N=N/N=N/N=N/N=N/N=N/N=N/N=N/N=N/N=N/N=N/N=N/N=N/N=N/N=N/N=N/N=N/N=N/N=N/N. The van der Waals surface area contributed by atoms with Crippen LogP contribution in [0.5, 0.6) is 0 Å². The van der Waals surface area contributed by atoms with E-state index in [4.69, 9.17) is 0 Å². The van der Waals surface area contributed by atoms with Crippen LogP contribution in [0.2, 0.25) is 0 Å². The van der Waals surface area contributed by atoms with Crippen LogP contribution in [0.25, 0.3) is 0 Å². The predicted molar refractivity (Wildman–Crippen MR) is 139 cm³/mol. The first-order valence-corrected chi connectivity index (χ1v) is 11.1. The van der Waals surface area contributed by atoms with Gasteiger partial charge in [-0.1, -0.05) is 10.4 Å². The molecule has 0 atom stereocenters. The Morgan fingerprint density at radius 2 is 0.143 bits per heavy atom. The van der Waals surface area contributed by atoms with Gasteiger partial charge in [-0.15, -0.1) is 0 Å². The Morgan fingerprint density at radius 1 is 0.0893 bits per heavy atom. The zero-order valence-corrected chi connectivity index (χ0v) is 25.3. The molecule has 0 saturated heterocycles. The van der Waals surface area contributed by atoms with Crippen molar-refractivity contribution < 1.29 is 0 Å². The first kappa shape index (κ1) is 44.8. The lowest BCUT2D eigenvalue weighted by molar-refractivity contribution is 0.724. The molecule has 56 nitrogen and oxygen atoms in total. The van der Waals surface area contributed by atoms with Gasteiger partial charge < -0.3 is 11.7 Å². The van der Waals surface area contributed by atoms with Crippen molar-refractivity contribution in [2.75, 3.05) is 0 Å². The molecule has 284 valence electrons. The predicted octanol–water partition coefficient (Wildman–Crippen LogP) is 8.73. The summed E-state index contributed by atoms with van der Waals surface area (Å²) in [5.41, 5.74) is 0. The first-order chi connectivity index (χ1) is 27.9. The molecule has 0 aromatic rings. The van der Waals surface area contributed by atoms with Gasteiger partial charge in [0.25, 0.3) is 0 Å². The summed E-state index contributed by atoms with van der Waals surface area (Å²) >= 11 is 0. The summed E-state index contributed by atoms with van der Waals surface area (Å²) in [6.45, 7) is 0. The molecule has 0 aliphatic rings. The van der Waals surface area contributed by atoms with Crippen molar-refractivity contribution >= 4 is 0 Å². The van der Waals surface area contributed by atoms with Crippen molar-refractivity contribution in [1.29, 1.82) is 0 Å². The molecular formula is H4N56. The van der Waals surface area contributed by atoms with Gasteiger partial charge in [0.1, 0.15) is 0 Å². The summed E-state index contributed by atoms with van der Waals surface area (Å²) in [6.07, 6.45) is 0. The second kappa shape index (κ2) is 43.8. The van der Waals surface area contributed by atoms with Gasteiger partial charge in [0, 0.05) is 198 Å². The Labute approximate surface area is 294 Å². The average Bonchev–Trinajstić information content (AvgIpc) is 3.21. The minimum absolute atomic E-state index is 2.75. The minimum Gasteiger partial charge on any atom is -0.303 e. The van der Waals surface area contributed by atoms with Crippen LogP contribution in [0.4, 0.5) is 0 Å². The molecule has 0 fully saturated rings. The van der Waals surface area contributed by atoms with E-state index in [1.807, 2.05) is 0 Å². The van der Waals surface area contributed by atoms with Crippen LogP contribution in [0.15, 0.2) is 282 Å². The lowest BCUT2D eigenvalue weighted by Crippen LogP contribution is -1.70. The monoisotopic (exact) mass is 788 g/mol. The molecule has 0 spiro atoms. The summed E-state index contributed by atoms with van der Waals surface area (Å²) in [6, 6.07) is 0. The number of nitrogens with two attached hydrogens (primary N) is 2. The van der Waals surface area contributed by atoms with E-state index >= 15 is 0 Å². The Morgan fingerprint density at radius 3 is 0.196 bits per heavy atom. The fourth-order valence-corrected chi connectivity index (χ4v) is 0.941. The summed E-state index contributed by atoms with van der Waals surface area (Å²) in [7, 11) is 0. The lowest BCUT2D eigenvalue weighted by atomic mass is 12.3. The maximum Gasteiger partial charge on any atom is 0 e. The third kappa shape index (κ3) is 42.8. The first-order valence-electron chi connectivity index (χ1n) is 11.1. The second-order valence-corrected chi connectivity index (χ2v) is 4.88. The van der Waals surface area contributed by atoms with Gasteiger partial charge in [0.05, 0.1) is 0 Å². The summed E-state index contributed by atoms with van der Waals surface area (Å²) in [4.78, 5) is 0. The maximum absolute atomic E-state index is 4.63. The molecule has 0 radical (unpaired) electrons. The van der Waals surface area contributed by atoms with Crippen LogP contribution < -0.4 is 11.7 Å². The fraction of sp³-hybridized carbons (Fsp3) is 0.